The van der Waals surface area contributed by atoms with Crippen LogP contribution in [0.3, 0.4) is 0 Å². The zero-order valence-corrected chi connectivity index (χ0v) is 12.3. The van der Waals surface area contributed by atoms with Gasteiger partial charge in [-0.1, -0.05) is 26.0 Å². The molecule has 1 aromatic carbocycles. The van der Waals surface area contributed by atoms with Gasteiger partial charge in [0.25, 0.3) is 0 Å². The molecule has 100 valence electrons. The lowest BCUT2D eigenvalue weighted by molar-refractivity contribution is 0.281. The molecule has 0 aliphatic heterocycles. The molecule has 4 atom stereocenters. The van der Waals surface area contributed by atoms with Crippen LogP contribution in [0.15, 0.2) is 23.1 Å². The second-order valence-corrected chi connectivity index (χ2v) is 7.38. The Balaban J connectivity index is 2.19. The van der Waals surface area contributed by atoms with Crippen LogP contribution in [0.1, 0.15) is 38.7 Å². The molecule has 1 saturated carbocycles. The van der Waals surface area contributed by atoms with Crippen molar-refractivity contribution in [2.45, 2.75) is 50.2 Å². The minimum atomic E-state index is -0.952. The van der Waals surface area contributed by atoms with E-state index >= 15 is 0 Å². The van der Waals surface area contributed by atoms with E-state index in [0.717, 1.165) is 29.2 Å². The van der Waals surface area contributed by atoms with Crippen molar-refractivity contribution in [2.75, 3.05) is 5.73 Å². The van der Waals surface area contributed by atoms with Crippen LogP contribution in [0, 0.1) is 18.8 Å². The Labute approximate surface area is 112 Å². The lowest BCUT2D eigenvalue weighted by Crippen LogP contribution is -2.28. The first kappa shape index (κ1) is 13.6. The van der Waals surface area contributed by atoms with E-state index in [1.807, 2.05) is 25.1 Å². The fraction of sp³-hybridized carbons (Fsp3) is 0.600. The van der Waals surface area contributed by atoms with Gasteiger partial charge >= 0.3 is 0 Å². The van der Waals surface area contributed by atoms with Crippen LogP contribution in [0.4, 0.5) is 5.69 Å². The first-order valence-electron chi connectivity index (χ1n) is 6.76. The maximum atomic E-state index is 12.7. The number of anilines is 1. The summed E-state index contributed by atoms with van der Waals surface area (Å²) in [7, 11) is -0.952. The summed E-state index contributed by atoms with van der Waals surface area (Å²) in [6.07, 6.45) is 3.30. The molecule has 0 bridgehead atoms. The molecule has 0 aromatic heterocycles. The average molecular weight is 265 g/mol. The second kappa shape index (κ2) is 5.43. The van der Waals surface area contributed by atoms with Gasteiger partial charge < -0.3 is 5.73 Å². The first-order chi connectivity index (χ1) is 8.50. The van der Waals surface area contributed by atoms with Gasteiger partial charge in [0.2, 0.25) is 0 Å². The van der Waals surface area contributed by atoms with Gasteiger partial charge in [0, 0.05) is 5.25 Å². The smallest absolute Gasteiger partial charge is 0.0622 e. The van der Waals surface area contributed by atoms with Crippen molar-refractivity contribution in [1.82, 2.24) is 0 Å². The Hall–Kier alpha value is -0.830. The van der Waals surface area contributed by atoms with Crippen molar-refractivity contribution >= 4 is 16.5 Å². The zero-order chi connectivity index (χ0) is 13.3. The van der Waals surface area contributed by atoms with Crippen LogP contribution >= 0.6 is 0 Å². The van der Waals surface area contributed by atoms with E-state index < -0.39 is 10.8 Å². The largest absolute Gasteiger partial charge is 0.398 e. The molecule has 18 heavy (non-hydrogen) atoms. The van der Waals surface area contributed by atoms with E-state index in [-0.39, 0.29) is 5.25 Å². The SMILES string of the molecule is Cc1cccc(S(=O)C2CCC(C)C(C)C2)c1N. The highest BCUT2D eigenvalue weighted by Crippen LogP contribution is 2.35. The quantitative estimate of drug-likeness (QED) is 0.832. The van der Waals surface area contributed by atoms with Crippen molar-refractivity contribution in [3.05, 3.63) is 23.8 Å². The average Bonchev–Trinajstić information content (AvgIpc) is 2.35. The zero-order valence-electron chi connectivity index (χ0n) is 11.5. The summed E-state index contributed by atoms with van der Waals surface area (Å²) in [5, 5.41) is 0.278. The molecule has 1 aromatic rings. The molecule has 1 fully saturated rings. The standard InChI is InChI=1S/C15H23NOS/c1-10-7-8-13(9-12(10)3)18(17)14-6-4-5-11(2)15(14)16/h4-6,10,12-13H,7-9,16H2,1-3H3. The molecule has 4 unspecified atom stereocenters. The van der Waals surface area contributed by atoms with Crippen LogP contribution in [0.2, 0.25) is 0 Å². The van der Waals surface area contributed by atoms with Crippen molar-refractivity contribution < 1.29 is 4.21 Å². The number of nitrogen functional groups attached to an aromatic ring is 1. The maximum Gasteiger partial charge on any atom is 0.0622 e. The summed E-state index contributed by atoms with van der Waals surface area (Å²) in [6.45, 7) is 6.54. The summed E-state index contributed by atoms with van der Waals surface area (Å²) in [6, 6.07) is 5.84. The van der Waals surface area contributed by atoms with E-state index in [4.69, 9.17) is 5.73 Å². The topological polar surface area (TPSA) is 43.1 Å². The van der Waals surface area contributed by atoms with E-state index in [9.17, 15) is 4.21 Å². The minimum absolute atomic E-state index is 0.278. The van der Waals surface area contributed by atoms with Crippen LogP contribution in [0.25, 0.3) is 0 Å². The van der Waals surface area contributed by atoms with E-state index in [1.165, 1.54) is 6.42 Å². The molecule has 1 aliphatic rings. The number of aryl methyl sites for hydroxylation is 1. The van der Waals surface area contributed by atoms with Crippen LogP contribution in [0.5, 0.6) is 0 Å². The predicted octanol–water partition coefficient (Wildman–Crippen LogP) is 3.51. The van der Waals surface area contributed by atoms with Gasteiger partial charge in [0.05, 0.1) is 21.4 Å². The Morgan fingerprint density at radius 3 is 2.61 bits per heavy atom. The summed E-state index contributed by atoms with van der Waals surface area (Å²) in [5.74, 6) is 1.42. The summed E-state index contributed by atoms with van der Waals surface area (Å²) < 4.78 is 12.7. The first-order valence-corrected chi connectivity index (χ1v) is 7.97. The van der Waals surface area contributed by atoms with Crippen LogP contribution < -0.4 is 5.73 Å². The molecule has 1 aliphatic carbocycles. The van der Waals surface area contributed by atoms with Crippen LogP contribution in [-0.2, 0) is 10.8 Å². The summed E-state index contributed by atoms with van der Waals surface area (Å²) in [4.78, 5) is 0.835. The van der Waals surface area contributed by atoms with E-state index in [0.29, 0.717) is 11.6 Å². The third kappa shape index (κ3) is 2.61. The molecule has 3 heteroatoms. The molecular formula is C15H23NOS. The molecule has 0 saturated heterocycles. The van der Waals surface area contributed by atoms with Gasteiger partial charge in [-0.3, -0.25) is 4.21 Å². The highest BCUT2D eigenvalue weighted by Gasteiger charge is 2.29. The lowest BCUT2D eigenvalue weighted by Gasteiger charge is -2.31. The molecule has 0 radical (unpaired) electrons. The molecule has 0 heterocycles. The summed E-state index contributed by atoms with van der Waals surface area (Å²) in [5.41, 5.74) is 7.80. The van der Waals surface area contributed by atoms with E-state index in [1.54, 1.807) is 0 Å². The van der Waals surface area contributed by atoms with Crippen LogP contribution in [-0.4, -0.2) is 9.46 Å². The minimum Gasteiger partial charge on any atom is -0.398 e. The molecule has 0 spiro atoms. The lowest BCUT2D eigenvalue weighted by atomic mass is 9.81. The number of para-hydroxylation sites is 1. The molecule has 0 amide bonds. The van der Waals surface area contributed by atoms with Gasteiger partial charge in [-0.2, -0.15) is 0 Å². The van der Waals surface area contributed by atoms with Crippen molar-refractivity contribution in [3.63, 3.8) is 0 Å². The third-order valence-corrected chi connectivity index (χ3v) is 6.18. The van der Waals surface area contributed by atoms with Gasteiger partial charge in [-0.25, -0.2) is 0 Å². The highest BCUT2D eigenvalue weighted by molar-refractivity contribution is 7.85. The van der Waals surface area contributed by atoms with Crippen molar-refractivity contribution in [3.8, 4) is 0 Å². The maximum absolute atomic E-state index is 12.7. The van der Waals surface area contributed by atoms with Gasteiger partial charge in [-0.05, 0) is 49.7 Å². The normalized spacial score (nSPS) is 30.1. The predicted molar refractivity (Wildman–Crippen MR) is 78.0 cm³/mol. The Morgan fingerprint density at radius 1 is 1.22 bits per heavy atom. The molecule has 2 rings (SSSR count). The third-order valence-electron chi connectivity index (χ3n) is 4.35. The second-order valence-electron chi connectivity index (χ2n) is 5.67. The van der Waals surface area contributed by atoms with E-state index in [2.05, 4.69) is 13.8 Å². The number of rotatable bonds is 2. The van der Waals surface area contributed by atoms with Gasteiger partial charge in [0.1, 0.15) is 0 Å². The molecular weight excluding hydrogens is 242 g/mol. The van der Waals surface area contributed by atoms with Crippen molar-refractivity contribution in [1.29, 1.82) is 0 Å². The number of hydrogen-bond acceptors (Lipinski definition) is 2. The number of benzene rings is 1. The van der Waals surface area contributed by atoms with Gasteiger partial charge in [0.15, 0.2) is 0 Å². The molecule has 2 N–H and O–H groups in total. The monoisotopic (exact) mass is 265 g/mol. The van der Waals surface area contributed by atoms with Crippen molar-refractivity contribution in [2.24, 2.45) is 11.8 Å². The van der Waals surface area contributed by atoms with Gasteiger partial charge in [-0.15, -0.1) is 0 Å². The number of hydrogen-bond donors (Lipinski definition) is 1. The fourth-order valence-corrected chi connectivity index (χ4v) is 4.48. The molecule has 2 nitrogen and oxygen atoms in total. The Kier molecular flexibility index (Phi) is 4.10. The summed E-state index contributed by atoms with van der Waals surface area (Å²) >= 11 is 0. The Bertz CT molecular complexity index is 458. The highest BCUT2D eigenvalue weighted by atomic mass is 32.2. The fourth-order valence-electron chi connectivity index (χ4n) is 2.70. The number of nitrogens with two attached hydrogens (primary N) is 1. The Morgan fingerprint density at radius 2 is 1.94 bits per heavy atom.